The minimum Gasteiger partial charge on any atom is -0.492 e. The largest absolute Gasteiger partial charge is 0.492 e. The Morgan fingerprint density at radius 3 is 2.77 bits per heavy atom. The molecule has 4 rings (SSSR count). The normalized spacial score (nSPS) is 17.8. The van der Waals surface area contributed by atoms with Crippen LogP contribution in [0.15, 0.2) is 24.3 Å². The number of aliphatic hydroxyl groups is 1. The number of hydrogen-bond acceptors (Lipinski definition) is 6. The predicted molar refractivity (Wildman–Crippen MR) is 102 cm³/mol. The Kier molecular flexibility index (Phi) is 4.88. The second-order valence-corrected chi connectivity index (χ2v) is 8.04. The molecule has 0 spiro atoms. The molecular formula is C18H21ClN4O2S. The van der Waals surface area contributed by atoms with Gasteiger partial charge in [0.2, 0.25) is 10.8 Å². The maximum Gasteiger partial charge on any atom is 0.230 e. The lowest BCUT2D eigenvalue weighted by molar-refractivity contribution is 0.0689. The molecule has 1 atom stereocenters. The Labute approximate surface area is 160 Å². The van der Waals surface area contributed by atoms with Crippen LogP contribution in [0.5, 0.6) is 5.88 Å². The number of fused-ring (bicyclic) bond motifs is 1. The zero-order valence-corrected chi connectivity index (χ0v) is 16.0. The van der Waals surface area contributed by atoms with Crippen molar-refractivity contribution in [1.29, 1.82) is 0 Å². The topological polar surface area (TPSA) is 73.9 Å². The van der Waals surface area contributed by atoms with Crippen LogP contribution in [0.1, 0.15) is 42.1 Å². The number of aromatic hydroxyl groups is 1. The number of halogens is 1. The highest BCUT2D eigenvalue weighted by atomic mass is 35.5. The van der Waals surface area contributed by atoms with E-state index in [1.807, 2.05) is 31.2 Å². The lowest BCUT2D eigenvalue weighted by Gasteiger charge is -2.36. The van der Waals surface area contributed by atoms with E-state index in [1.54, 1.807) is 0 Å². The molecule has 0 saturated carbocycles. The van der Waals surface area contributed by atoms with Crippen molar-refractivity contribution in [2.45, 2.75) is 38.3 Å². The van der Waals surface area contributed by atoms with Gasteiger partial charge < -0.3 is 10.2 Å². The number of piperidine rings is 1. The summed E-state index contributed by atoms with van der Waals surface area (Å²) >= 11 is 7.68. The van der Waals surface area contributed by atoms with Gasteiger partial charge in [-0.05, 0) is 30.5 Å². The van der Waals surface area contributed by atoms with Gasteiger partial charge in [0.05, 0.1) is 17.0 Å². The number of hydrogen-bond donors (Lipinski definition) is 2. The van der Waals surface area contributed by atoms with Crippen molar-refractivity contribution in [2.24, 2.45) is 0 Å². The highest BCUT2D eigenvalue weighted by Gasteiger charge is 2.31. The highest BCUT2D eigenvalue weighted by molar-refractivity contribution is 7.17. The quantitative estimate of drug-likeness (QED) is 0.712. The summed E-state index contributed by atoms with van der Waals surface area (Å²) in [7, 11) is 0. The number of aliphatic hydroxyl groups excluding tert-OH is 1. The smallest absolute Gasteiger partial charge is 0.230 e. The Bertz CT molecular complexity index is 917. The van der Waals surface area contributed by atoms with Crippen molar-refractivity contribution < 1.29 is 10.2 Å². The number of rotatable bonds is 4. The average molecular weight is 393 g/mol. The molecule has 8 heteroatoms. The first-order valence-corrected chi connectivity index (χ1v) is 10.0. The van der Waals surface area contributed by atoms with Gasteiger partial charge >= 0.3 is 0 Å². The zero-order chi connectivity index (χ0) is 18.3. The number of benzene rings is 1. The van der Waals surface area contributed by atoms with Crippen LogP contribution in [-0.2, 0) is 6.42 Å². The Hall–Kier alpha value is -1.67. The summed E-state index contributed by atoms with van der Waals surface area (Å²) in [5.41, 5.74) is 1.02. The number of aromatic nitrogens is 3. The van der Waals surface area contributed by atoms with E-state index in [1.165, 1.54) is 15.9 Å². The Morgan fingerprint density at radius 2 is 2.12 bits per heavy atom. The van der Waals surface area contributed by atoms with Crippen LogP contribution in [0, 0.1) is 0 Å². The Balaban J connectivity index is 1.79. The van der Waals surface area contributed by atoms with Crippen LogP contribution >= 0.6 is 22.9 Å². The summed E-state index contributed by atoms with van der Waals surface area (Å²) < 4.78 is 1.52. The third-order valence-corrected chi connectivity index (χ3v) is 6.14. The second-order valence-electron chi connectivity index (χ2n) is 6.59. The SMILES string of the molecule is CCc1nc2sc([C@@H](c3cccc(Cl)c3)N3CCC(O)CC3)c(O)n2n1. The molecule has 0 amide bonds. The molecule has 1 aliphatic rings. The maximum atomic E-state index is 10.8. The number of nitrogens with zero attached hydrogens (tertiary/aromatic N) is 4. The molecule has 0 unspecified atom stereocenters. The summed E-state index contributed by atoms with van der Waals surface area (Å²) in [5, 5.41) is 25.8. The van der Waals surface area contributed by atoms with Crippen molar-refractivity contribution in [1.82, 2.24) is 19.5 Å². The zero-order valence-electron chi connectivity index (χ0n) is 14.5. The molecule has 2 aromatic heterocycles. The third kappa shape index (κ3) is 3.20. The predicted octanol–water partition coefficient (Wildman–Crippen LogP) is 3.26. The first-order valence-electron chi connectivity index (χ1n) is 8.81. The molecule has 6 nitrogen and oxygen atoms in total. The summed E-state index contributed by atoms with van der Waals surface area (Å²) in [6, 6.07) is 7.59. The van der Waals surface area contributed by atoms with Crippen LogP contribution in [0.25, 0.3) is 4.96 Å². The van der Waals surface area contributed by atoms with Gasteiger partial charge in [-0.2, -0.15) is 4.52 Å². The van der Waals surface area contributed by atoms with Crippen LogP contribution in [0.4, 0.5) is 0 Å². The fourth-order valence-electron chi connectivity index (χ4n) is 3.47. The molecule has 1 saturated heterocycles. The summed E-state index contributed by atoms with van der Waals surface area (Å²) in [6.07, 6.45) is 1.91. The van der Waals surface area contributed by atoms with Gasteiger partial charge in [0.25, 0.3) is 0 Å². The first kappa shape index (κ1) is 17.7. The molecule has 3 heterocycles. The van der Waals surface area contributed by atoms with Crippen LogP contribution in [-0.4, -0.2) is 48.9 Å². The molecule has 1 fully saturated rings. The van der Waals surface area contributed by atoms with Crippen molar-refractivity contribution in [3.8, 4) is 5.88 Å². The van der Waals surface area contributed by atoms with Crippen molar-refractivity contribution in [3.05, 3.63) is 45.6 Å². The standard InChI is InChI=1S/C18H21ClN4O2S/c1-2-14-20-18-23(21-14)17(25)16(26-18)15(11-4-3-5-12(19)10-11)22-8-6-13(24)7-9-22/h3-5,10,13,15,24-25H,2,6-9H2,1H3/t15-/m1/s1. The van der Waals surface area contributed by atoms with E-state index in [4.69, 9.17) is 11.6 Å². The lowest BCUT2D eigenvalue weighted by atomic mass is 9.99. The van der Waals surface area contributed by atoms with Crippen molar-refractivity contribution >= 4 is 27.9 Å². The molecule has 0 radical (unpaired) electrons. The monoisotopic (exact) mass is 392 g/mol. The molecule has 0 bridgehead atoms. The van der Waals surface area contributed by atoms with Gasteiger partial charge in [-0.15, -0.1) is 5.10 Å². The van der Waals surface area contributed by atoms with Crippen LogP contribution in [0.2, 0.25) is 5.02 Å². The lowest BCUT2D eigenvalue weighted by Crippen LogP contribution is -2.38. The number of aryl methyl sites for hydroxylation is 1. The highest BCUT2D eigenvalue weighted by Crippen LogP contribution is 2.41. The molecule has 2 N–H and O–H groups in total. The molecule has 1 aliphatic heterocycles. The molecule has 138 valence electrons. The van der Waals surface area contributed by atoms with E-state index in [2.05, 4.69) is 15.0 Å². The van der Waals surface area contributed by atoms with Gasteiger partial charge in [0, 0.05) is 24.5 Å². The van der Waals surface area contributed by atoms with Crippen LogP contribution < -0.4 is 0 Å². The molecule has 0 aliphatic carbocycles. The van der Waals surface area contributed by atoms with Gasteiger partial charge in [-0.3, -0.25) is 4.90 Å². The molecular weight excluding hydrogens is 372 g/mol. The van der Waals surface area contributed by atoms with E-state index in [0.717, 1.165) is 48.6 Å². The number of thiazole rings is 1. The maximum absolute atomic E-state index is 10.8. The molecule has 1 aromatic carbocycles. The summed E-state index contributed by atoms with van der Waals surface area (Å²) in [4.78, 5) is 8.27. The number of likely N-dealkylation sites (tertiary alicyclic amines) is 1. The van der Waals surface area contributed by atoms with E-state index in [-0.39, 0.29) is 18.0 Å². The van der Waals surface area contributed by atoms with Gasteiger partial charge in [-0.1, -0.05) is 42.0 Å². The van der Waals surface area contributed by atoms with Crippen molar-refractivity contribution in [2.75, 3.05) is 13.1 Å². The summed E-state index contributed by atoms with van der Waals surface area (Å²) in [5.74, 6) is 0.854. The fraction of sp³-hybridized carbons (Fsp3) is 0.444. The Morgan fingerprint density at radius 1 is 1.35 bits per heavy atom. The first-order chi connectivity index (χ1) is 12.6. The molecule has 3 aromatic rings. The van der Waals surface area contributed by atoms with Gasteiger partial charge in [-0.25, -0.2) is 4.98 Å². The third-order valence-electron chi connectivity index (χ3n) is 4.84. The van der Waals surface area contributed by atoms with E-state index in [0.29, 0.717) is 9.98 Å². The average Bonchev–Trinajstić information content (AvgIpc) is 3.17. The summed E-state index contributed by atoms with van der Waals surface area (Å²) in [6.45, 7) is 3.50. The van der Waals surface area contributed by atoms with Gasteiger partial charge in [0.15, 0.2) is 5.82 Å². The minimum atomic E-state index is -0.255. The van der Waals surface area contributed by atoms with Gasteiger partial charge in [0.1, 0.15) is 0 Å². The minimum absolute atomic E-state index is 0.133. The second kappa shape index (κ2) is 7.15. The van der Waals surface area contributed by atoms with Crippen molar-refractivity contribution in [3.63, 3.8) is 0 Å². The van der Waals surface area contributed by atoms with E-state index < -0.39 is 0 Å². The fourth-order valence-corrected chi connectivity index (χ4v) is 4.80. The molecule has 26 heavy (non-hydrogen) atoms. The van der Waals surface area contributed by atoms with E-state index in [9.17, 15) is 10.2 Å². The van der Waals surface area contributed by atoms with Crippen LogP contribution in [0.3, 0.4) is 0 Å². The van der Waals surface area contributed by atoms with E-state index >= 15 is 0 Å².